The number of hydrogen-bond donors (Lipinski definition) is 3. The molecule has 6 nitrogen and oxygen atoms in total. The van der Waals surface area contributed by atoms with Gasteiger partial charge >= 0.3 is 0 Å². The number of anilines is 2. The van der Waals surface area contributed by atoms with Crippen molar-refractivity contribution in [2.24, 2.45) is 0 Å². The molecule has 0 radical (unpaired) electrons. The molecule has 4 aromatic carbocycles. The number of benzene rings is 4. The van der Waals surface area contributed by atoms with Crippen molar-refractivity contribution in [2.75, 3.05) is 10.6 Å². The highest BCUT2D eigenvalue weighted by Crippen LogP contribution is 2.29. The van der Waals surface area contributed by atoms with Gasteiger partial charge in [0.15, 0.2) is 0 Å². The number of hydrogen-bond acceptors (Lipinski definition) is 4. The molecular weight excluding hydrogens is 542 g/mol. The molecule has 0 aliphatic carbocycles. The van der Waals surface area contributed by atoms with Crippen molar-refractivity contribution >= 4 is 46.9 Å². The number of amides is 3. The van der Waals surface area contributed by atoms with Gasteiger partial charge in [-0.05, 0) is 86.4 Å². The molecular formula is C35H35N3O3S. The monoisotopic (exact) mass is 577 g/mol. The molecule has 0 fully saturated rings. The normalized spacial score (nSPS) is 11.9. The summed E-state index contributed by atoms with van der Waals surface area (Å²) in [6.07, 6.45) is 2.28. The van der Waals surface area contributed by atoms with Gasteiger partial charge in [0.05, 0.1) is 5.25 Å². The Kier molecular flexibility index (Phi) is 10.3. The van der Waals surface area contributed by atoms with Gasteiger partial charge in [0.1, 0.15) is 5.70 Å². The fourth-order valence-corrected chi connectivity index (χ4v) is 5.20. The van der Waals surface area contributed by atoms with Crippen LogP contribution in [0, 0.1) is 20.8 Å². The Hall–Kier alpha value is -4.62. The van der Waals surface area contributed by atoms with E-state index < -0.39 is 5.91 Å². The Labute approximate surface area is 251 Å². The molecule has 0 aliphatic rings. The first-order valence-electron chi connectivity index (χ1n) is 13.8. The van der Waals surface area contributed by atoms with Crippen LogP contribution in [0.2, 0.25) is 0 Å². The van der Waals surface area contributed by atoms with Crippen LogP contribution in [-0.4, -0.2) is 23.0 Å². The average Bonchev–Trinajstić information content (AvgIpc) is 2.99. The SMILES string of the molecule is CCC(Sc1cccc(NC(=O)/C(=C/c2ccc(C)cc2)NC(=O)c2ccccc2)c1)C(=O)Nc1cc(C)ccc1C. The molecule has 214 valence electrons. The Morgan fingerprint density at radius 2 is 1.50 bits per heavy atom. The third-order valence-electron chi connectivity index (χ3n) is 6.60. The quantitative estimate of drug-likeness (QED) is 0.134. The minimum atomic E-state index is -0.457. The number of aryl methyl sites for hydroxylation is 3. The molecule has 0 aromatic heterocycles. The van der Waals surface area contributed by atoms with Crippen molar-refractivity contribution in [1.82, 2.24) is 5.32 Å². The molecule has 4 rings (SSSR count). The van der Waals surface area contributed by atoms with Crippen molar-refractivity contribution in [3.63, 3.8) is 0 Å². The molecule has 0 saturated carbocycles. The summed E-state index contributed by atoms with van der Waals surface area (Å²) in [5.74, 6) is -0.909. The summed E-state index contributed by atoms with van der Waals surface area (Å²) in [5, 5.41) is 8.42. The largest absolute Gasteiger partial charge is 0.325 e. The second-order valence-corrected chi connectivity index (χ2v) is 11.4. The summed E-state index contributed by atoms with van der Waals surface area (Å²) in [7, 11) is 0. The molecule has 0 aliphatic heterocycles. The molecule has 0 heterocycles. The van der Waals surface area contributed by atoms with Crippen LogP contribution in [0.25, 0.3) is 6.08 Å². The summed E-state index contributed by atoms with van der Waals surface area (Å²) >= 11 is 1.44. The van der Waals surface area contributed by atoms with Crippen LogP contribution in [0.15, 0.2) is 108 Å². The standard InChI is InChI=1S/C35H35N3O3S/c1-5-32(35(41)37-30-20-24(3)14-17-25(30)4)42-29-13-9-12-28(22-29)36-34(40)31(21-26-18-15-23(2)16-19-26)38-33(39)27-10-7-6-8-11-27/h6-22,32H,5H2,1-4H3,(H,36,40)(H,37,41)(H,38,39)/b31-21-. The van der Waals surface area contributed by atoms with Gasteiger partial charge in [-0.15, -0.1) is 11.8 Å². The van der Waals surface area contributed by atoms with Gasteiger partial charge in [-0.3, -0.25) is 14.4 Å². The smallest absolute Gasteiger partial charge is 0.272 e. The first-order valence-corrected chi connectivity index (χ1v) is 14.7. The van der Waals surface area contributed by atoms with Crippen molar-refractivity contribution in [3.8, 4) is 0 Å². The topological polar surface area (TPSA) is 87.3 Å². The lowest BCUT2D eigenvalue weighted by Gasteiger charge is -2.17. The van der Waals surface area contributed by atoms with E-state index in [0.29, 0.717) is 17.7 Å². The van der Waals surface area contributed by atoms with Crippen molar-refractivity contribution < 1.29 is 14.4 Å². The van der Waals surface area contributed by atoms with Gasteiger partial charge < -0.3 is 16.0 Å². The highest BCUT2D eigenvalue weighted by Gasteiger charge is 2.20. The number of thioether (sulfide) groups is 1. The van der Waals surface area contributed by atoms with Gasteiger partial charge in [-0.2, -0.15) is 0 Å². The Bertz CT molecular complexity index is 1600. The Morgan fingerprint density at radius 1 is 0.786 bits per heavy atom. The maximum Gasteiger partial charge on any atom is 0.272 e. The predicted octanol–water partition coefficient (Wildman–Crippen LogP) is 7.53. The van der Waals surface area contributed by atoms with Gasteiger partial charge in [-0.1, -0.05) is 73.2 Å². The summed E-state index contributed by atoms with van der Waals surface area (Å²) in [5.41, 5.74) is 5.89. The minimum absolute atomic E-state index is 0.0717. The first kappa shape index (κ1) is 30.3. The van der Waals surface area contributed by atoms with Crippen molar-refractivity contribution in [1.29, 1.82) is 0 Å². The summed E-state index contributed by atoms with van der Waals surface area (Å²) in [4.78, 5) is 40.3. The maximum atomic E-state index is 13.4. The van der Waals surface area contributed by atoms with Crippen LogP contribution in [-0.2, 0) is 9.59 Å². The number of carbonyl (C=O) groups is 3. The van der Waals surface area contributed by atoms with Crippen LogP contribution < -0.4 is 16.0 Å². The molecule has 4 aromatic rings. The highest BCUT2D eigenvalue weighted by molar-refractivity contribution is 8.00. The molecule has 0 spiro atoms. The molecule has 0 bridgehead atoms. The van der Waals surface area contributed by atoms with Gasteiger partial charge in [0.2, 0.25) is 5.91 Å². The lowest BCUT2D eigenvalue weighted by Crippen LogP contribution is -2.30. The van der Waals surface area contributed by atoms with E-state index in [1.165, 1.54) is 11.8 Å². The van der Waals surface area contributed by atoms with Crippen LogP contribution in [0.4, 0.5) is 11.4 Å². The zero-order valence-electron chi connectivity index (χ0n) is 24.2. The van der Waals surface area contributed by atoms with E-state index in [-0.39, 0.29) is 22.8 Å². The zero-order chi connectivity index (χ0) is 30.1. The van der Waals surface area contributed by atoms with E-state index in [1.807, 2.05) is 94.4 Å². The third kappa shape index (κ3) is 8.44. The maximum absolute atomic E-state index is 13.4. The Balaban J connectivity index is 1.50. The highest BCUT2D eigenvalue weighted by atomic mass is 32.2. The van der Waals surface area contributed by atoms with E-state index in [1.54, 1.807) is 36.4 Å². The fraction of sp³-hybridized carbons (Fsp3) is 0.171. The number of rotatable bonds is 10. The molecule has 3 N–H and O–H groups in total. The van der Waals surface area contributed by atoms with Crippen LogP contribution in [0.1, 0.15) is 46.0 Å². The van der Waals surface area contributed by atoms with E-state index in [9.17, 15) is 14.4 Å². The fourth-order valence-electron chi connectivity index (χ4n) is 4.19. The van der Waals surface area contributed by atoms with E-state index in [2.05, 4.69) is 16.0 Å². The molecule has 1 unspecified atom stereocenters. The first-order chi connectivity index (χ1) is 20.2. The molecule has 7 heteroatoms. The van der Waals surface area contributed by atoms with Crippen molar-refractivity contribution in [3.05, 3.63) is 131 Å². The summed E-state index contributed by atoms with van der Waals surface area (Å²) < 4.78 is 0. The lowest BCUT2D eigenvalue weighted by molar-refractivity contribution is -0.116. The van der Waals surface area contributed by atoms with Crippen molar-refractivity contribution in [2.45, 2.75) is 44.3 Å². The predicted molar refractivity (Wildman–Crippen MR) is 173 cm³/mol. The molecule has 3 amide bonds. The van der Waals surface area contributed by atoms with Gasteiger partial charge in [-0.25, -0.2) is 0 Å². The van der Waals surface area contributed by atoms with Crippen LogP contribution in [0.3, 0.4) is 0 Å². The summed E-state index contributed by atoms with van der Waals surface area (Å²) in [6, 6.07) is 29.8. The zero-order valence-corrected chi connectivity index (χ0v) is 25.0. The van der Waals surface area contributed by atoms with Gasteiger partial charge in [0, 0.05) is 21.8 Å². The van der Waals surface area contributed by atoms with E-state index in [4.69, 9.17) is 0 Å². The van der Waals surface area contributed by atoms with E-state index >= 15 is 0 Å². The third-order valence-corrected chi connectivity index (χ3v) is 7.96. The Morgan fingerprint density at radius 3 is 2.21 bits per heavy atom. The van der Waals surface area contributed by atoms with Crippen LogP contribution >= 0.6 is 11.8 Å². The lowest BCUT2D eigenvalue weighted by atomic mass is 10.1. The second-order valence-electron chi connectivity index (χ2n) is 10.1. The molecule has 0 saturated heterocycles. The second kappa shape index (κ2) is 14.3. The average molecular weight is 578 g/mol. The molecule has 1 atom stereocenters. The van der Waals surface area contributed by atoms with Crippen LogP contribution in [0.5, 0.6) is 0 Å². The van der Waals surface area contributed by atoms with E-state index in [0.717, 1.165) is 32.8 Å². The summed E-state index contributed by atoms with van der Waals surface area (Å²) in [6.45, 7) is 7.93. The number of carbonyl (C=O) groups excluding carboxylic acids is 3. The number of nitrogens with one attached hydrogen (secondary N) is 3. The molecule has 42 heavy (non-hydrogen) atoms. The van der Waals surface area contributed by atoms with Gasteiger partial charge in [0.25, 0.3) is 11.8 Å². The minimum Gasteiger partial charge on any atom is -0.325 e.